The van der Waals surface area contributed by atoms with Crippen LogP contribution in [0, 0.1) is 10.1 Å². The van der Waals surface area contributed by atoms with E-state index in [2.05, 4.69) is 10.3 Å². The van der Waals surface area contributed by atoms with Crippen LogP contribution in [-0.2, 0) is 0 Å². The predicted molar refractivity (Wildman–Crippen MR) is 62.1 cm³/mol. The van der Waals surface area contributed by atoms with E-state index in [0.717, 1.165) is 0 Å². The molecular formula is C10H10ClF2N3O2. The molecule has 0 amide bonds. The highest BCUT2D eigenvalue weighted by atomic mass is 35.5. The number of halogens is 3. The molecular weight excluding hydrogens is 268 g/mol. The lowest BCUT2D eigenvalue weighted by molar-refractivity contribution is -0.384. The first kappa shape index (κ1) is 12.9. The molecule has 5 nitrogen and oxygen atoms in total. The lowest BCUT2D eigenvalue weighted by Gasteiger charge is -2.45. The van der Waals surface area contributed by atoms with Gasteiger partial charge in [0, 0.05) is 24.4 Å². The zero-order chi connectivity index (χ0) is 13.6. The SMILES string of the molecule is CC1(Nc2nc(Cl)ccc2[N+](=O)[O-])CC(F)(F)C1. The van der Waals surface area contributed by atoms with E-state index in [1.54, 1.807) is 6.92 Å². The second-order valence-corrected chi connectivity index (χ2v) is 5.04. The zero-order valence-corrected chi connectivity index (χ0v) is 10.2. The summed E-state index contributed by atoms with van der Waals surface area (Å²) in [6.45, 7) is 1.57. The van der Waals surface area contributed by atoms with Crippen molar-refractivity contribution >= 4 is 23.1 Å². The van der Waals surface area contributed by atoms with Gasteiger partial charge in [-0.3, -0.25) is 10.1 Å². The Hall–Kier alpha value is -1.50. The van der Waals surface area contributed by atoms with E-state index < -0.39 is 16.4 Å². The predicted octanol–water partition coefficient (Wildman–Crippen LogP) is 3.24. The Labute approximate surface area is 106 Å². The summed E-state index contributed by atoms with van der Waals surface area (Å²) in [5.41, 5.74) is -1.18. The molecule has 0 unspecified atom stereocenters. The first-order valence-corrected chi connectivity index (χ1v) is 5.56. The van der Waals surface area contributed by atoms with Gasteiger partial charge in [0.25, 0.3) is 5.92 Å². The van der Waals surface area contributed by atoms with Crippen molar-refractivity contribution in [1.82, 2.24) is 4.98 Å². The van der Waals surface area contributed by atoms with Crippen molar-refractivity contribution in [2.45, 2.75) is 31.2 Å². The summed E-state index contributed by atoms with van der Waals surface area (Å²) in [6, 6.07) is 2.47. The summed E-state index contributed by atoms with van der Waals surface area (Å²) in [7, 11) is 0. The van der Waals surface area contributed by atoms with Gasteiger partial charge in [-0.15, -0.1) is 0 Å². The van der Waals surface area contributed by atoms with Gasteiger partial charge in [0.2, 0.25) is 5.82 Å². The molecule has 1 aliphatic carbocycles. The van der Waals surface area contributed by atoms with Crippen molar-refractivity contribution < 1.29 is 13.7 Å². The minimum atomic E-state index is -2.73. The third kappa shape index (κ3) is 2.50. The number of nitrogens with one attached hydrogen (secondary N) is 1. The summed E-state index contributed by atoms with van der Waals surface area (Å²) >= 11 is 5.65. The van der Waals surface area contributed by atoms with Gasteiger partial charge in [-0.2, -0.15) is 0 Å². The van der Waals surface area contributed by atoms with Crippen molar-refractivity contribution in [1.29, 1.82) is 0 Å². The van der Waals surface area contributed by atoms with Crippen LogP contribution in [0.5, 0.6) is 0 Å². The van der Waals surface area contributed by atoms with Gasteiger partial charge >= 0.3 is 5.69 Å². The normalized spacial score (nSPS) is 20.0. The van der Waals surface area contributed by atoms with Crippen LogP contribution in [0.3, 0.4) is 0 Å². The smallest absolute Gasteiger partial charge is 0.311 e. The van der Waals surface area contributed by atoms with Crippen molar-refractivity contribution in [2.75, 3.05) is 5.32 Å². The Morgan fingerprint density at radius 3 is 2.61 bits per heavy atom. The minimum Gasteiger partial charge on any atom is -0.359 e. The Bertz CT molecular complexity index is 502. The number of aromatic nitrogens is 1. The van der Waals surface area contributed by atoms with Crippen LogP contribution in [0.2, 0.25) is 5.15 Å². The molecule has 1 aliphatic rings. The van der Waals surface area contributed by atoms with Crippen molar-refractivity contribution in [3.63, 3.8) is 0 Å². The van der Waals surface area contributed by atoms with E-state index in [4.69, 9.17) is 11.6 Å². The van der Waals surface area contributed by atoms with Crippen LogP contribution in [0.4, 0.5) is 20.3 Å². The molecule has 1 fully saturated rings. The summed E-state index contributed by atoms with van der Waals surface area (Å²) in [5, 5.41) is 13.5. The number of anilines is 1. The van der Waals surface area contributed by atoms with E-state index in [1.807, 2.05) is 0 Å². The average Bonchev–Trinajstić information content (AvgIpc) is 2.12. The maximum Gasteiger partial charge on any atom is 0.311 e. The number of hydrogen-bond acceptors (Lipinski definition) is 4. The molecule has 2 rings (SSSR count). The molecule has 1 heterocycles. The highest BCUT2D eigenvalue weighted by Crippen LogP contribution is 2.47. The number of nitrogens with zero attached hydrogens (tertiary/aromatic N) is 2. The fourth-order valence-corrected chi connectivity index (χ4v) is 2.28. The fourth-order valence-electron chi connectivity index (χ4n) is 2.13. The molecule has 18 heavy (non-hydrogen) atoms. The molecule has 0 bridgehead atoms. The highest BCUT2D eigenvalue weighted by Gasteiger charge is 2.54. The topological polar surface area (TPSA) is 68.1 Å². The second kappa shape index (κ2) is 4.01. The van der Waals surface area contributed by atoms with Gasteiger partial charge in [-0.25, -0.2) is 13.8 Å². The molecule has 1 N–H and O–H groups in total. The molecule has 0 saturated heterocycles. The molecule has 1 aromatic rings. The van der Waals surface area contributed by atoms with Gasteiger partial charge in [-0.05, 0) is 13.0 Å². The largest absolute Gasteiger partial charge is 0.359 e. The van der Waals surface area contributed by atoms with Crippen molar-refractivity contribution in [2.24, 2.45) is 0 Å². The summed E-state index contributed by atoms with van der Waals surface area (Å²) < 4.78 is 25.7. The third-order valence-corrected chi connectivity index (χ3v) is 2.96. The monoisotopic (exact) mass is 277 g/mol. The number of pyridine rings is 1. The molecule has 8 heteroatoms. The van der Waals surface area contributed by atoms with Crippen molar-refractivity contribution in [3.8, 4) is 0 Å². The van der Waals surface area contributed by atoms with E-state index in [9.17, 15) is 18.9 Å². The molecule has 0 atom stereocenters. The Morgan fingerprint density at radius 1 is 1.50 bits per heavy atom. The minimum absolute atomic E-state index is 0.0674. The molecule has 0 aromatic carbocycles. The van der Waals surface area contributed by atoms with Crippen LogP contribution >= 0.6 is 11.6 Å². The molecule has 0 aliphatic heterocycles. The van der Waals surface area contributed by atoms with Gasteiger partial charge in [-0.1, -0.05) is 11.6 Å². The Balaban J connectivity index is 2.24. The molecule has 1 saturated carbocycles. The first-order chi connectivity index (χ1) is 8.21. The Morgan fingerprint density at radius 2 is 2.11 bits per heavy atom. The van der Waals surface area contributed by atoms with Gasteiger partial charge in [0.05, 0.1) is 4.92 Å². The number of hydrogen-bond donors (Lipinski definition) is 1. The fraction of sp³-hybridized carbons (Fsp3) is 0.500. The molecule has 1 aromatic heterocycles. The summed E-state index contributed by atoms with van der Waals surface area (Å²) in [5.74, 6) is -2.81. The maximum atomic E-state index is 12.9. The molecule has 0 radical (unpaired) electrons. The van der Waals surface area contributed by atoms with E-state index in [1.165, 1.54) is 12.1 Å². The quantitative estimate of drug-likeness (QED) is 0.523. The van der Waals surface area contributed by atoms with Crippen LogP contribution in [0.1, 0.15) is 19.8 Å². The maximum absolute atomic E-state index is 12.9. The van der Waals surface area contributed by atoms with Crippen LogP contribution in [-0.4, -0.2) is 21.4 Å². The molecule has 0 spiro atoms. The van der Waals surface area contributed by atoms with E-state index in [0.29, 0.717) is 0 Å². The van der Waals surface area contributed by atoms with Crippen molar-refractivity contribution in [3.05, 3.63) is 27.4 Å². The second-order valence-electron chi connectivity index (χ2n) is 4.65. The van der Waals surface area contributed by atoms with Crippen LogP contribution in [0.15, 0.2) is 12.1 Å². The van der Waals surface area contributed by atoms with E-state index in [-0.39, 0.29) is 29.5 Å². The lowest BCUT2D eigenvalue weighted by Crippen LogP contribution is -2.54. The summed E-state index contributed by atoms with van der Waals surface area (Å²) in [6.07, 6.45) is -0.767. The van der Waals surface area contributed by atoms with Gasteiger partial charge in [0.1, 0.15) is 5.15 Å². The molecule has 98 valence electrons. The van der Waals surface area contributed by atoms with Crippen LogP contribution < -0.4 is 5.32 Å². The highest BCUT2D eigenvalue weighted by molar-refractivity contribution is 6.29. The van der Waals surface area contributed by atoms with E-state index >= 15 is 0 Å². The average molecular weight is 278 g/mol. The zero-order valence-electron chi connectivity index (χ0n) is 9.41. The van der Waals surface area contributed by atoms with Gasteiger partial charge < -0.3 is 5.32 Å². The number of rotatable bonds is 3. The lowest BCUT2D eigenvalue weighted by atomic mass is 9.75. The van der Waals surface area contributed by atoms with Crippen LogP contribution in [0.25, 0.3) is 0 Å². The standard InChI is InChI=1S/C10H10ClF2N3O2/c1-9(4-10(12,13)5-9)15-8-6(16(17)18)2-3-7(11)14-8/h2-3H,4-5H2,1H3,(H,14,15). The number of alkyl halides is 2. The summed E-state index contributed by atoms with van der Waals surface area (Å²) in [4.78, 5) is 13.9. The third-order valence-electron chi connectivity index (χ3n) is 2.75. The first-order valence-electron chi connectivity index (χ1n) is 5.18. The van der Waals surface area contributed by atoms with Gasteiger partial charge in [0.15, 0.2) is 0 Å². The Kier molecular flexibility index (Phi) is 2.89. The number of nitro groups is 1.